The van der Waals surface area contributed by atoms with Gasteiger partial charge in [-0.15, -0.1) is 23.1 Å². The number of ether oxygens (including phenoxy) is 1. The SMILES string of the molecule is CC(=O)c1sc2nsc(SCC[NH+]3CCOCC3)c2c1N. The molecule has 8 heteroatoms. The number of nitrogens with two attached hydrogens (primary N) is 1. The molecule has 0 amide bonds. The quantitative estimate of drug-likeness (QED) is 0.629. The molecule has 21 heavy (non-hydrogen) atoms. The topological polar surface area (TPSA) is 69.6 Å². The number of quaternary nitrogens is 1. The number of hydrogen-bond donors (Lipinski definition) is 2. The summed E-state index contributed by atoms with van der Waals surface area (Å²) in [5.41, 5.74) is 6.73. The molecule has 2 aromatic heterocycles. The first-order valence-corrected chi connectivity index (χ1v) is 9.47. The van der Waals surface area contributed by atoms with Crippen LogP contribution in [0.25, 0.3) is 10.2 Å². The fourth-order valence-electron chi connectivity index (χ4n) is 2.38. The summed E-state index contributed by atoms with van der Waals surface area (Å²) < 4.78 is 10.9. The van der Waals surface area contributed by atoms with Crippen molar-refractivity contribution in [1.82, 2.24) is 4.37 Å². The van der Waals surface area contributed by atoms with Crippen molar-refractivity contribution in [2.75, 3.05) is 44.3 Å². The maximum absolute atomic E-state index is 11.5. The number of rotatable bonds is 5. The molecule has 1 saturated heterocycles. The summed E-state index contributed by atoms with van der Waals surface area (Å²) >= 11 is 4.69. The third-order valence-corrected chi connectivity index (χ3v) is 6.96. The van der Waals surface area contributed by atoms with Crippen molar-refractivity contribution in [1.29, 1.82) is 0 Å². The van der Waals surface area contributed by atoms with Crippen LogP contribution in [0.4, 0.5) is 5.69 Å². The molecule has 114 valence electrons. The second-order valence-corrected chi connectivity index (χ2v) is 8.15. The van der Waals surface area contributed by atoms with E-state index in [9.17, 15) is 4.79 Å². The molecule has 3 heterocycles. The summed E-state index contributed by atoms with van der Waals surface area (Å²) in [5, 5.41) is 0.983. The number of nitrogens with one attached hydrogen (secondary N) is 1. The number of ketones is 1. The first-order valence-electron chi connectivity index (χ1n) is 6.89. The van der Waals surface area contributed by atoms with E-state index in [-0.39, 0.29) is 5.78 Å². The number of nitrogens with zero attached hydrogens (tertiary/aromatic N) is 1. The monoisotopic (exact) mass is 344 g/mol. The van der Waals surface area contributed by atoms with E-state index in [1.807, 2.05) is 0 Å². The van der Waals surface area contributed by atoms with Gasteiger partial charge in [0.05, 0.1) is 39.9 Å². The molecule has 1 aliphatic heterocycles. The molecule has 0 radical (unpaired) electrons. The normalized spacial score (nSPS) is 16.6. The van der Waals surface area contributed by atoms with Crippen LogP contribution in [0, 0.1) is 0 Å². The van der Waals surface area contributed by atoms with Gasteiger partial charge in [0.25, 0.3) is 0 Å². The molecule has 0 aromatic carbocycles. The molecule has 0 bridgehead atoms. The fraction of sp³-hybridized carbons (Fsp3) is 0.538. The number of Topliss-reactive ketones (excluding diaryl/α,β-unsaturated/α-hetero) is 1. The van der Waals surface area contributed by atoms with E-state index >= 15 is 0 Å². The van der Waals surface area contributed by atoms with Gasteiger partial charge >= 0.3 is 0 Å². The molecular weight excluding hydrogens is 326 g/mol. The second kappa shape index (κ2) is 6.62. The zero-order chi connectivity index (χ0) is 14.8. The van der Waals surface area contributed by atoms with Crippen LogP contribution in [0.2, 0.25) is 0 Å². The van der Waals surface area contributed by atoms with E-state index < -0.39 is 0 Å². The molecule has 3 rings (SSSR count). The van der Waals surface area contributed by atoms with E-state index in [0.717, 1.165) is 53.0 Å². The number of anilines is 1. The van der Waals surface area contributed by atoms with Crippen LogP contribution >= 0.6 is 34.6 Å². The van der Waals surface area contributed by atoms with E-state index in [0.29, 0.717) is 10.6 Å². The van der Waals surface area contributed by atoms with Crippen LogP contribution in [0.1, 0.15) is 16.6 Å². The first kappa shape index (κ1) is 15.2. The van der Waals surface area contributed by atoms with Crippen molar-refractivity contribution in [2.24, 2.45) is 0 Å². The number of carbonyl (C=O) groups excluding carboxylic acids is 1. The molecule has 2 aromatic rings. The van der Waals surface area contributed by atoms with Gasteiger partial charge in [-0.1, -0.05) is 0 Å². The van der Waals surface area contributed by atoms with E-state index in [1.54, 1.807) is 23.6 Å². The van der Waals surface area contributed by atoms with Gasteiger partial charge in [-0.05, 0) is 11.5 Å². The third kappa shape index (κ3) is 3.24. The summed E-state index contributed by atoms with van der Waals surface area (Å²) in [6.45, 7) is 6.59. The molecule has 1 aliphatic rings. The summed E-state index contributed by atoms with van der Waals surface area (Å²) in [4.78, 5) is 14.7. The number of hydrogen-bond acceptors (Lipinski definition) is 7. The van der Waals surface area contributed by atoms with Crippen LogP contribution < -0.4 is 10.6 Å². The number of fused-ring (bicyclic) bond motifs is 1. The highest BCUT2D eigenvalue weighted by molar-refractivity contribution is 8.01. The predicted molar refractivity (Wildman–Crippen MR) is 89.0 cm³/mol. The Morgan fingerprint density at radius 3 is 2.95 bits per heavy atom. The summed E-state index contributed by atoms with van der Waals surface area (Å²) in [6, 6.07) is 0. The Hall–Kier alpha value is -0.670. The highest BCUT2D eigenvalue weighted by atomic mass is 32.2. The zero-order valence-electron chi connectivity index (χ0n) is 11.8. The van der Waals surface area contributed by atoms with Crippen LogP contribution in [0.3, 0.4) is 0 Å². The molecule has 0 saturated carbocycles. The maximum Gasteiger partial charge on any atom is 0.171 e. The van der Waals surface area contributed by atoms with Crippen molar-refractivity contribution in [3.05, 3.63) is 4.88 Å². The van der Waals surface area contributed by atoms with Crippen molar-refractivity contribution in [3.63, 3.8) is 0 Å². The summed E-state index contributed by atoms with van der Waals surface area (Å²) in [6.07, 6.45) is 0. The third-order valence-electron chi connectivity index (χ3n) is 3.55. The van der Waals surface area contributed by atoms with Crippen molar-refractivity contribution in [2.45, 2.75) is 11.1 Å². The van der Waals surface area contributed by atoms with Crippen LogP contribution in [0.15, 0.2) is 4.21 Å². The average Bonchev–Trinajstić information content (AvgIpc) is 3.02. The van der Waals surface area contributed by atoms with Gasteiger partial charge in [-0.2, -0.15) is 4.37 Å². The lowest BCUT2D eigenvalue weighted by Gasteiger charge is -2.23. The molecule has 3 N–H and O–H groups in total. The zero-order valence-corrected chi connectivity index (χ0v) is 14.3. The number of thioether (sulfide) groups is 1. The first-order chi connectivity index (χ1) is 10.2. The molecule has 0 spiro atoms. The summed E-state index contributed by atoms with van der Waals surface area (Å²) in [7, 11) is 0. The maximum atomic E-state index is 11.5. The smallest absolute Gasteiger partial charge is 0.171 e. The van der Waals surface area contributed by atoms with E-state index in [1.165, 1.54) is 22.9 Å². The second-order valence-electron chi connectivity index (χ2n) is 5.01. The van der Waals surface area contributed by atoms with Crippen LogP contribution in [-0.4, -0.2) is 48.8 Å². The number of aromatic nitrogens is 1. The van der Waals surface area contributed by atoms with Crippen molar-refractivity contribution >= 4 is 56.3 Å². The molecular formula is C13H18N3O2S3+. The predicted octanol–water partition coefficient (Wildman–Crippen LogP) is 1.15. The van der Waals surface area contributed by atoms with Gasteiger partial charge in [-0.3, -0.25) is 4.79 Å². The standard InChI is InChI=1S/C13H17N3O2S3/c1-8(17)11-10(14)9-12(20-11)15-21-13(9)19-7-4-16-2-5-18-6-3-16/h2-7,14H2,1H3/p+1. The van der Waals surface area contributed by atoms with Crippen LogP contribution in [0.5, 0.6) is 0 Å². The molecule has 5 nitrogen and oxygen atoms in total. The van der Waals surface area contributed by atoms with E-state index in [2.05, 4.69) is 4.37 Å². The van der Waals surface area contributed by atoms with Gasteiger partial charge < -0.3 is 15.4 Å². The minimum atomic E-state index is 0.0224. The largest absolute Gasteiger partial charge is 0.397 e. The van der Waals surface area contributed by atoms with Crippen LogP contribution in [-0.2, 0) is 4.74 Å². The van der Waals surface area contributed by atoms with Crippen molar-refractivity contribution < 1.29 is 14.4 Å². The Balaban J connectivity index is 1.67. The lowest BCUT2D eigenvalue weighted by molar-refractivity contribution is -0.905. The van der Waals surface area contributed by atoms with Gasteiger partial charge in [0.1, 0.15) is 17.9 Å². The Kier molecular flexibility index (Phi) is 4.80. The summed E-state index contributed by atoms with van der Waals surface area (Å²) in [5.74, 6) is 1.06. The highest BCUT2D eigenvalue weighted by Gasteiger charge is 2.20. The fourth-order valence-corrected chi connectivity index (χ4v) is 5.69. The van der Waals surface area contributed by atoms with Gasteiger partial charge in [0.15, 0.2) is 5.78 Å². The molecule has 0 atom stereocenters. The number of nitrogen functional groups attached to an aromatic ring is 1. The number of carbonyl (C=O) groups is 1. The Morgan fingerprint density at radius 1 is 1.48 bits per heavy atom. The minimum Gasteiger partial charge on any atom is -0.397 e. The van der Waals surface area contributed by atoms with E-state index in [4.69, 9.17) is 10.5 Å². The molecule has 1 fully saturated rings. The van der Waals surface area contributed by atoms with Crippen molar-refractivity contribution in [3.8, 4) is 0 Å². The average molecular weight is 345 g/mol. The van der Waals surface area contributed by atoms with Gasteiger partial charge in [0.2, 0.25) is 0 Å². The molecule has 0 aliphatic carbocycles. The number of thiophene rings is 1. The Bertz CT molecular complexity index is 646. The Labute approximate surface area is 135 Å². The Morgan fingerprint density at radius 2 is 2.24 bits per heavy atom. The lowest BCUT2D eigenvalue weighted by Crippen LogP contribution is -3.14. The highest BCUT2D eigenvalue weighted by Crippen LogP contribution is 2.41. The van der Waals surface area contributed by atoms with Gasteiger partial charge in [0, 0.05) is 12.7 Å². The molecule has 0 unspecified atom stereocenters. The lowest BCUT2D eigenvalue weighted by atomic mass is 10.3. The van der Waals surface area contributed by atoms with Gasteiger partial charge in [-0.25, -0.2) is 0 Å². The number of morpholine rings is 1. The minimum absolute atomic E-state index is 0.0224.